The molecule has 1 aromatic carbocycles. The number of carbonyl (C=O) groups is 1. The summed E-state index contributed by atoms with van der Waals surface area (Å²) in [5.41, 5.74) is 2.07. The Kier molecular flexibility index (Phi) is 4.98. The van der Waals surface area contributed by atoms with E-state index in [4.69, 9.17) is 11.6 Å². The lowest BCUT2D eigenvalue weighted by atomic mass is 10.3. The zero-order valence-electron chi connectivity index (χ0n) is 15.2. The van der Waals surface area contributed by atoms with E-state index in [1.807, 2.05) is 4.40 Å². The van der Waals surface area contributed by atoms with E-state index < -0.39 is 0 Å². The molecule has 0 saturated carbocycles. The van der Waals surface area contributed by atoms with Crippen LogP contribution in [0.25, 0.3) is 16.0 Å². The lowest BCUT2D eigenvalue weighted by Gasteiger charge is -2.11. The Morgan fingerprint density at radius 1 is 1.28 bits per heavy atom. The second-order valence-corrected chi connectivity index (χ2v) is 8.97. The predicted molar refractivity (Wildman–Crippen MR) is 116 cm³/mol. The van der Waals surface area contributed by atoms with Crippen molar-refractivity contribution in [2.45, 2.75) is 18.0 Å². The average molecular weight is 446 g/mol. The molecule has 1 fully saturated rings. The molecule has 1 amide bonds. The van der Waals surface area contributed by atoms with Gasteiger partial charge in [0.1, 0.15) is 11.0 Å². The van der Waals surface area contributed by atoms with Gasteiger partial charge < -0.3 is 10.2 Å². The summed E-state index contributed by atoms with van der Waals surface area (Å²) in [7, 11) is 0. The monoisotopic (exact) mass is 445 g/mol. The number of thiazole rings is 1. The summed E-state index contributed by atoms with van der Waals surface area (Å²) >= 11 is 8.85. The maximum absolute atomic E-state index is 12.3. The number of aromatic nitrogens is 5. The van der Waals surface area contributed by atoms with E-state index in [1.165, 1.54) is 24.6 Å². The van der Waals surface area contributed by atoms with Gasteiger partial charge in [0.2, 0.25) is 5.91 Å². The molecule has 11 heteroatoms. The first-order valence-corrected chi connectivity index (χ1v) is 11.3. The topological polar surface area (TPSA) is 88.3 Å². The molecule has 0 unspecified atom stereocenters. The molecule has 0 radical (unpaired) electrons. The molecule has 29 heavy (non-hydrogen) atoms. The number of rotatable bonds is 5. The molecule has 4 aromatic rings. The minimum absolute atomic E-state index is 0.142. The van der Waals surface area contributed by atoms with Crippen molar-refractivity contribution < 1.29 is 4.79 Å². The van der Waals surface area contributed by atoms with E-state index in [2.05, 4.69) is 30.4 Å². The summed E-state index contributed by atoms with van der Waals surface area (Å²) in [6.07, 6.45) is 4.06. The van der Waals surface area contributed by atoms with Gasteiger partial charge in [-0.05, 0) is 31.0 Å². The molecular weight excluding hydrogens is 430 g/mol. The molecule has 0 bridgehead atoms. The number of benzene rings is 1. The number of thioether (sulfide) groups is 1. The number of nitrogens with one attached hydrogen (secondary N) is 1. The van der Waals surface area contributed by atoms with E-state index in [0.717, 1.165) is 28.6 Å². The number of hydrogen-bond donors (Lipinski definition) is 1. The van der Waals surface area contributed by atoms with Gasteiger partial charge in [-0.2, -0.15) is 4.98 Å². The molecule has 0 spiro atoms. The number of amides is 1. The smallest absolute Gasteiger partial charge is 0.234 e. The second kappa shape index (κ2) is 7.77. The number of nitrogens with zero attached hydrogens (tertiary/aromatic N) is 6. The average Bonchev–Trinajstić information content (AvgIpc) is 3.44. The molecule has 0 aliphatic carbocycles. The van der Waals surface area contributed by atoms with Crippen molar-refractivity contribution in [3.8, 4) is 0 Å². The highest BCUT2D eigenvalue weighted by atomic mass is 35.5. The molecule has 148 valence electrons. The van der Waals surface area contributed by atoms with Crippen molar-refractivity contribution in [2.24, 2.45) is 0 Å². The molecule has 0 atom stereocenters. The number of fused-ring (bicyclic) bond motifs is 3. The van der Waals surface area contributed by atoms with E-state index >= 15 is 0 Å². The van der Waals surface area contributed by atoms with E-state index in [9.17, 15) is 4.79 Å². The van der Waals surface area contributed by atoms with Crippen molar-refractivity contribution in [1.82, 2.24) is 24.6 Å². The minimum Gasteiger partial charge on any atom is -0.348 e. The zero-order chi connectivity index (χ0) is 19.8. The summed E-state index contributed by atoms with van der Waals surface area (Å²) in [6.45, 7) is 2.07. The maximum Gasteiger partial charge on any atom is 0.234 e. The van der Waals surface area contributed by atoms with Crippen LogP contribution in [0.2, 0.25) is 5.02 Å². The summed E-state index contributed by atoms with van der Waals surface area (Å²) in [4.78, 5) is 23.7. The number of carbonyl (C=O) groups excluding carboxylic acids is 1. The highest BCUT2D eigenvalue weighted by Crippen LogP contribution is 2.32. The van der Waals surface area contributed by atoms with Crippen LogP contribution in [-0.4, -0.2) is 49.3 Å². The third-order valence-electron chi connectivity index (χ3n) is 4.58. The highest BCUT2D eigenvalue weighted by molar-refractivity contribution is 7.99. The maximum atomic E-state index is 12.3. The van der Waals surface area contributed by atoms with Crippen molar-refractivity contribution >= 4 is 67.4 Å². The van der Waals surface area contributed by atoms with Crippen LogP contribution in [0.5, 0.6) is 0 Å². The van der Waals surface area contributed by atoms with Crippen molar-refractivity contribution in [3.05, 3.63) is 35.6 Å². The Labute approximate surface area is 179 Å². The van der Waals surface area contributed by atoms with Crippen LogP contribution in [0.3, 0.4) is 0 Å². The summed E-state index contributed by atoms with van der Waals surface area (Å²) < 4.78 is 2.73. The molecule has 1 aliphatic heterocycles. The second-order valence-electron chi connectivity index (χ2n) is 6.61. The largest absolute Gasteiger partial charge is 0.348 e. The van der Waals surface area contributed by atoms with E-state index in [-0.39, 0.29) is 11.7 Å². The van der Waals surface area contributed by atoms with Gasteiger partial charge in [0.25, 0.3) is 0 Å². The SMILES string of the molecule is O=C(CSc1nnc2c3sc(N4CCCC4)nc3ncn12)Nc1cccc(Cl)c1. The van der Waals surface area contributed by atoms with Gasteiger partial charge >= 0.3 is 0 Å². The summed E-state index contributed by atoms with van der Waals surface area (Å²) in [6, 6.07) is 7.05. The van der Waals surface area contributed by atoms with Crippen LogP contribution in [0.4, 0.5) is 10.8 Å². The Morgan fingerprint density at radius 3 is 2.97 bits per heavy atom. The first kappa shape index (κ1) is 18.6. The molecule has 8 nitrogen and oxygen atoms in total. The number of anilines is 2. The third-order valence-corrected chi connectivity index (χ3v) is 6.86. The fourth-order valence-electron chi connectivity index (χ4n) is 3.22. The van der Waals surface area contributed by atoms with Crippen LogP contribution in [0.1, 0.15) is 12.8 Å². The molecule has 5 rings (SSSR count). The van der Waals surface area contributed by atoms with E-state index in [1.54, 1.807) is 41.9 Å². The normalized spacial score (nSPS) is 14.2. The van der Waals surface area contributed by atoms with Crippen LogP contribution >= 0.6 is 34.7 Å². The highest BCUT2D eigenvalue weighted by Gasteiger charge is 2.20. The minimum atomic E-state index is -0.142. The molecule has 1 N–H and O–H groups in total. The number of hydrogen-bond acceptors (Lipinski definition) is 8. The van der Waals surface area contributed by atoms with Gasteiger partial charge in [-0.1, -0.05) is 40.8 Å². The van der Waals surface area contributed by atoms with Gasteiger partial charge in [0.05, 0.1) is 5.75 Å². The van der Waals surface area contributed by atoms with Crippen LogP contribution in [-0.2, 0) is 4.79 Å². The lowest BCUT2D eigenvalue weighted by Crippen LogP contribution is -2.16. The molecular formula is C18H16ClN7OS2. The van der Waals surface area contributed by atoms with Gasteiger partial charge in [0.15, 0.2) is 21.6 Å². The third kappa shape index (κ3) is 3.75. The first-order chi connectivity index (χ1) is 14.2. The standard InChI is InChI=1S/C18H16ClN7OS2/c19-11-4-3-5-12(8-11)21-13(27)9-28-18-24-23-16-14-15(20-10-26(16)18)22-17(29-14)25-6-1-2-7-25/h3-5,8,10H,1-2,6-7,9H2,(H,21,27). The lowest BCUT2D eigenvalue weighted by molar-refractivity contribution is -0.113. The molecule has 1 aliphatic rings. The molecule has 3 aromatic heterocycles. The van der Waals surface area contributed by atoms with Crippen LogP contribution in [0, 0.1) is 0 Å². The van der Waals surface area contributed by atoms with Gasteiger partial charge in [-0.15, -0.1) is 10.2 Å². The Bertz CT molecular complexity index is 1200. The fourth-order valence-corrected chi connectivity index (χ4v) is 5.16. The van der Waals surface area contributed by atoms with Crippen LogP contribution in [0.15, 0.2) is 35.7 Å². The van der Waals surface area contributed by atoms with Crippen molar-refractivity contribution in [1.29, 1.82) is 0 Å². The van der Waals surface area contributed by atoms with Gasteiger partial charge in [-0.25, -0.2) is 4.98 Å². The first-order valence-electron chi connectivity index (χ1n) is 9.11. The number of halogens is 1. The molecule has 1 saturated heterocycles. The van der Waals surface area contributed by atoms with Crippen LogP contribution < -0.4 is 10.2 Å². The van der Waals surface area contributed by atoms with Crippen molar-refractivity contribution in [2.75, 3.05) is 29.1 Å². The Morgan fingerprint density at radius 2 is 2.14 bits per heavy atom. The van der Waals surface area contributed by atoms with E-state index in [0.29, 0.717) is 21.5 Å². The Balaban J connectivity index is 1.34. The Hall–Kier alpha value is -2.43. The summed E-state index contributed by atoms with van der Waals surface area (Å²) in [5.74, 6) is 0.0599. The fraction of sp³-hybridized carbons (Fsp3) is 0.278. The quantitative estimate of drug-likeness (QED) is 0.468. The predicted octanol–water partition coefficient (Wildman–Crippen LogP) is 3.72. The van der Waals surface area contributed by atoms with Gasteiger partial charge in [-0.3, -0.25) is 9.20 Å². The molecule has 4 heterocycles. The zero-order valence-corrected chi connectivity index (χ0v) is 17.6. The van der Waals surface area contributed by atoms with Gasteiger partial charge in [0, 0.05) is 23.8 Å². The van der Waals surface area contributed by atoms with Crippen molar-refractivity contribution in [3.63, 3.8) is 0 Å². The summed E-state index contributed by atoms with van der Waals surface area (Å²) in [5, 5.41) is 13.6.